The maximum Gasteiger partial charge on any atom is 0.335 e. The highest BCUT2D eigenvalue weighted by Gasteiger charge is 2.26. The number of nitrogens with one attached hydrogen (secondary N) is 2. The smallest absolute Gasteiger partial charge is 0.335 e. The van der Waals surface area contributed by atoms with Crippen LogP contribution in [0.5, 0.6) is 0 Å². The summed E-state index contributed by atoms with van der Waals surface area (Å²) in [4.78, 5) is 49.8. The van der Waals surface area contributed by atoms with Gasteiger partial charge in [0.2, 0.25) is 5.91 Å². The highest BCUT2D eigenvalue weighted by molar-refractivity contribution is 6.31. The predicted octanol–water partition coefficient (Wildman–Crippen LogP) is 3.70. The Hall–Kier alpha value is -3.91. The Balaban J connectivity index is 1.71. The van der Waals surface area contributed by atoms with Crippen LogP contribution in [-0.4, -0.2) is 27.5 Å². The summed E-state index contributed by atoms with van der Waals surface area (Å²) in [7, 11) is 0. The predicted molar refractivity (Wildman–Crippen MR) is 124 cm³/mol. The van der Waals surface area contributed by atoms with Gasteiger partial charge < -0.3 is 20.3 Å². The van der Waals surface area contributed by atoms with Crippen molar-refractivity contribution in [1.29, 1.82) is 0 Å². The van der Waals surface area contributed by atoms with E-state index in [2.05, 4.69) is 10.6 Å². The van der Waals surface area contributed by atoms with E-state index < -0.39 is 23.5 Å². The van der Waals surface area contributed by atoms with Crippen LogP contribution in [0, 0.1) is 0 Å². The first-order valence-corrected chi connectivity index (χ1v) is 10.6. The lowest BCUT2D eigenvalue weighted by atomic mass is 9.97. The molecule has 1 aliphatic heterocycles. The molecule has 1 aliphatic rings. The minimum absolute atomic E-state index is 0.0911. The molecule has 1 unspecified atom stereocenters. The number of anilines is 1. The van der Waals surface area contributed by atoms with E-state index in [1.165, 1.54) is 41.1 Å². The van der Waals surface area contributed by atoms with Crippen molar-refractivity contribution >= 4 is 35.1 Å². The first-order valence-electron chi connectivity index (χ1n) is 10.3. The number of amides is 2. The zero-order valence-corrected chi connectivity index (χ0v) is 18.3. The first kappa shape index (κ1) is 22.3. The molecule has 0 radical (unpaired) electrons. The van der Waals surface area contributed by atoms with Crippen LogP contribution >= 0.6 is 11.6 Å². The molecule has 0 saturated carbocycles. The molecule has 0 aliphatic carbocycles. The maximum absolute atomic E-state index is 13.0. The van der Waals surface area contributed by atoms with E-state index in [1.54, 1.807) is 25.1 Å². The van der Waals surface area contributed by atoms with Gasteiger partial charge in [-0.3, -0.25) is 14.4 Å². The van der Waals surface area contributed by atoms with Crippen molar-refractivity contribution in [3.8, 4) is 11.1 Å². The fourth-order valence-corrected chi connectivity index (χ4v) is 4.02. The molecule has 2 aromatic carbocycles. The summed E-state index contributed by atoms with van der Waals surface area (Å²) in [6.45, 7) is 2.04. The summed E-state index contributed by atoms with van der Waals surface area (Å²) in [5, 5.41) is 15.0. The first-order chi connectivity index (χ1) is 15.8. The summed E-state index contributed by atoms with van der Waals surface area (Å²) in [5.41, 5.74) is 2.31. The monoisotopic (exact) mass is 465 g/mol. The second kappa shape index (κ2) is 8.91. The number of hydrogen-bond acceptors (Lipinski definition) is 4. The van der Waals surface area contributed by atoms with Crippen molar-refractivity contribution in [2.75, 3.05) is 5.32 Å². The summed E-state index contributed by atoms with van der Waals surface area (Å²) in [5.74, 6) is -1.89. The normalized spacial score (nSPS) is 13.2. The van der Waals surface area contributed by atoms with Crippen LogP contribution in [0.3, 0.4) is 0 Å². The number of carboxylic acid groups (broad SMARTS) is 1. The number of benzene rings is 2. The average molecular weight is 466 g/mol. The molecule has 2 amide bonds. The number of nitrogens with zero attached hydrogens (tertiary/aromatic N) is 1. The lowest BCUT2D eigenvalue weighted by Crippen LogP contribution is -2.34. The zero-order valence-electron chi connectivity index (χ0n) is 17.6. The van der Waals surface area contributed by atoms with Crippen molar-refractivity contribution in [3.05, 3.63) is 86.8 Å². The molecular weight excluding hydrogens is 446 g/mol. The minimum Gasteiger partial charge on any atom is -0.478 e. The Bertz CT molecular complexity index is 1330. The number of carbonyl (C=O) groups is 3. The van der Waals surface area contributed by atoms with Crippen LogP contribution in [-0.2, 0) is 11.3 Å². The highest BCUT2D eigenvalue weighted by atomic mass is 35.5. The van der Waals surface area contributed by atoms with Crippen LogP contribution in [0.1, 0.15) is 45.7 Å². The third-order valence-electron chi connectivity index (χ3n) is 5.55. The second-order valence-electron chi connectivity index (χ2n) is 7.63. The molecule has 0 bridgehead atoms. The fraction of sp³-hybridized carbons (Fsp3) is 0.167. The van der Waals surface area contributed by atoms with Crippen molar-refractivity contribution in [2.24, 2.45) is 0 Å². The van der Waals surface area contributed by atoms with Gasteiger partial charge in [0.05, 0.1) is 11.1 Å². The van der Waals surface area contributed by atoms with E-state index in [-0.39, 0.29) is 23.6 Å². The van der Waals surface area contributed by atoms with E-state index >= 15 is 0 Å². The van der Waals surface area contributed by atoms with E-state index in [9.17, 15) is 19.2 Å². The summed E-state index contributed by atoms with van der Waals surface area (Å²) < 4.78 is 1.24. The Morgan fingerprint density at radius 2 is 1.82 bits per heavy atom. The largest absolute Gasteiger partial charge is 0.478 e. The average Bonchev–Trinajstić information content (AvgIpc) is 2.91. The number of halogens is 1. The lowest BCUT2D eigenvalue weighted by Gasteiger charge is -2.20. The van der Waals surface area contributed by atoms with Crippen LogP contribution in [0.25, 0.3) is 11.1 Å². The number of carbonyl (C=O) groups excluding carboxylic acids is 2. The molecule has 0 spiro atoms. The molecule has 168 valence electrons. The van der Waals surface area contributed by atoms with Crippen molar-refractivity contribution in [2.45, 2.75) is 25.9 Å². The molecule has 0 saturated heterocycles. The van der Waals surface area contributed by atoms with Crippen molar-refractivity contribution in [3.63, 3.8) is 0 Å². The van der Waals surface area contributed by atoms with E-state index in [4.69, 9.17) is 16.7 Å². The summed E-state index contributed by atoms with van der Waals surface area (Å²) in [6, 6.07) is 11.4. The van der Waals surface area contributed by atoms with E-state index in [1.807, 2.05) is 0 Å². The lowest BCUT2D eigenvalue weighted by molar-refractivity contribution is -0.119. The topological polar surface area (TPSA) is 118 Å². The van der Waals surface area contributed by atoms with Gasteiger partial charge in [-0.2, -0.15) is 0 Å². The van der Waals surface area contributed by atoms with Gasteiger partial charge >= 0.3 is 5.97 Å². The maximum atomic E-state index is 13.0. The van der Waals surface area contributed by atoms with Gasteiger partial charge in [0.1, 0.15) is 6.04 Å². The quantitative estimate of drug-likeness (QED) is 0.531. The van der Waals surface area contributed by atoms with Crippen molar-refractivity contribution in [1.82, 2.24) is 9.88 Å². The zero-order chi connectivity index (χ0) is 23.7. The number of aromatic carboxylic acids is 1. The van der Waals surface area contributed by atoms with Crippen LogP contribution in [0.2, 0.25) is 5.02 Å². The van der Waals surface area contributed by atoms with E-state index in [0.717, 1.165) is 5.56 Å². The Kier molecular flexibility index (Phi) is 6.02. The van der Waals surface area contributed by atoms with Crippen LogP contribution < -0.4 is 16.2 Å². The number of hydrogen-bond donors (Lipinski definition) is 3. The molecule has 1 atom stereocenters. The molecule has 4 rings (SSSR count). The molecule has 9 heteroatoms. The molecule has 0 fully saturated rings. The fourth-order valence-electron chi connectivity index (χ4n) is 3.85. The van der Waals surface area contributed by atoms with Gasteiger partial charge in [0.25, 0.3) is 11.5 Å². The Morgan fingerprint density at radius 3 is 2.48 bits per heavy atom. The van der Waals surface area contributed by atoms with Crippen LogP contribution in [0.15, 0.2) is 59.5 Å². The molecular formula is C24H20ClN3O5. The number of aromatic nitrogens is 1. The molecule has 3 aromatic rings. The molecule has 8 nitrogen and oxygen atoms in total. The Morgan fingerprint density at radius 1 is 1.09 bits per heavy atom. The molecule has 3 N–H and O–H groups in total. The van der Waals surface area contributed by atoms with Gasteiger partial charge in [-0.25, -0.2) is 4.79 Å². The second-order valence-corrected chi connectivity index (χ2v) is 8.06. The van der Waals surface area contributed by atoms with Gasteiger partial charge in [-0.05, 0) is 53.9 Å². The van der Waals surface area contributed by atoms with Gasteiger partial charge in [0, 0.05) is 35.1 Å². The van der Waals surface area contributed by atoms with Gasteiger partial charge in [-0.15, -0.1) is 0 Å². The number of rotatable bonds is 5. The Labute approximate surface area is 193 Å². The van der Waals surface area contributed by atoms with Gasteiger partial charge in [-0.1, -0.05) is 24.6 Å². The van der Waals surface area contributed by atoms with Crippen molar-refractivity contribution < 1.29 is 19.5 Å². The minimum atomic E-state index is -1.07. The standard InChI is InChI=1S/C24H20ClN3O5/c1-2-20(23(31)27-16-7-4-13(5-8-16)24(32)33)28-12-19-18(10-21(28)29)17-9-15(25)6-3-14(17)11-26-22(19)30/h3-10,12,20H,2,11H2,1H3,(H,26,30)(H,27,31)(H,32,33). The van der Waals surface area contributed by atoms with Gasteiger partial charge in [0.15, 0.2) is 0 Å². The number of fused-ring (bicyclic) bond motifs is 3. The molecule has 2 heterocycles. The third kappa shape index (κ3) is 4.38. The van der Waals surface area contributed by atoms with Crippen LogP contribution in [0.4, 0.5) is 5.69 Å². The summed E-state index contributed by atoms with van der Waals surface area (Å²) in [6.07, 6.45) is 1.70. The molecule has 1 aromatic heterocycles. The highest BCUT2D eigenvalue weighted by Crippen LogP contribution is 2.31. The summed E-state index contributed by atoms with van der Waals surface area (Å²) >= 11 is 6.15. The third-order valence-corrected chi connectivity index (χ3v) is 5.79. The SMILES string of the molecule is CCC(C(=O)Nc1ccc(C(=O)O)cc1)n1cc2c(cc1=O)-c1cc(Cl)ccc1CNC2=O. The molecule has 33 heavy (non-hydrogen) atoms. The number of carboxylic acids is 1. The van der Waals surface area contributed by atoms with E-state index in [0.29, 0.717) is 28.3 Å². The number of pyridine rings is 1.